The highest BCUT2D eigenvalue weighted by Gasteiger charge is 2.03. The minimum absolute atomic E-state index is 0.512. The summed E-state index contributed by atoms with van der Waals surface area (Å²) in [7, 11) is 1.70. The number of rotatable bonds is 5. The summed E-state index contributed by atoms with van der Waals surface area (Å²) in [6.45, 7) is 1.57. The second kappa shape index (κ2) is 5.84. The van der Waals surface area contributed by atoms with E-state index in [-0.39, 0.29) is 0 Å². The molecule has 4 heteroatoms. The van der Waals surface area contributed by atoms with Crippen LogP contribution in [-0.4, -0.2) is 25.2 Å². The molecule has 3 nitrogen and oxygen atoms in total. The normalized spacial score (nSPS) is 10.7. The Hall–Kier alpha value is -1.32. The highest BCUT2D eigenvalue weighted by Crippen LogP contribution is 2.24. The molecule has 90 valence electrons. The molecule has 1 aromatic carbocycles. The zero-order valence-corrected chi connectivity index (χ0v) is 10.5. The number of ether oxygens (including phenoxy) is 1. The van der Waals surface area contributed by atoms with Gasteiger partial charge < -0.3 is 10.1 Å². The predicted octanol–water partition coefficient (Wildman–Crippen LogP) is 3.34. The van der Waals surface area contributed by atoms with Crippen molar-refractivity contribution < 1.29 is 4.74 Å². The third-order valence-electron chi connectivity index (χ3n) is 2.53. The summed E-state index contributed by atoms with van der Waals surface area (Å²) in [6, 6.07) is 9.93. The van der Waals surface area contributed by atoms with E-state index in [9.17, 15) is 0 Å². The number of halogens is 1. The van der Waals surface area contributed by atoms with Gasteiger partial charge in [-0.1, -0.05) is 35.9 Å². The Morgan fingerprint density at radius 3 is 3.00 bits per heavy atom. The number of anilines is 1. The summed E-state index contributed by atoms with van der Waals surface area (Å²) >= 11 is 5.99. The highest BCUT2D eigenvalue weighted by atomic mass is 35.5. The van der Waals surface area contributed by atoms with E-state index in [0.29, 0.717) is 5.15 Å². The lowest BCUT2D eigenvalue weighted by Gasteiger charge is -2.09. The van der Waals surface area contributed by atoms with Crippen LogP contribution in [0, 0.1) is 0 Å². The van der Waals surface area contributed by atoms with Crippen LogP contribution in [0.25, 0.3) is 10.8 Å². The number of pyridine rings is 1. The maximum atomic E-state index is 5.99. The number of nitrogens with zero attached hydrogens (tertiary/aromatic N) is 1. The number of nitrogens with one attached hydrogen (secondary N) is 1. The first kappa shape index (κ1) is 12.1. The third-order valence-corrected chi connectivity index (χ3v) is 2.72. The molecule has 0 saturated carbocycles. The van der Waals surface area contributed by atoms with Crippen molar-refractivity contribution in [3.8, 4) is 0 Å². The van der Waals surface area contributed by atoms with Gasteiger partial charge in [0, 0.05) is 25.6 Å². The Balaban J connectivity index is 2.20. The topological polar surface area (TPSA) is 34.1 Å². The van der Waals surface area contributed by atoms with E-state index in [2.05, 4.69) is 10.3 Å². The predicted molar refractivity (Wildman–Crippen MR) is 71.7 cm³/mol. The lowest BCUT2D eigenvalue weighted by Crippen LogP contribution is -2.06. The van der Waals surface area contributed by atoms with Gasteiger partial charge in [-0.15, -0.1) is 0 Å². The summed E-state index contributed by atoms with van der Waals surface area (Å²) in [5.74, 6) is 0.837. The van der Waals surface area contributed by atoms with Crippen molar-refractivity contribution >= 4 is 28.2 Å². The molecule has 2 rings (SSSR count). The van der Waals surface area contributed by atoms with Crippen LogP contribution in [-0.2, 0) is 4.74 Å². The quantitative estimate of drug-likeness (QED) is 0.653. The van der Waals surface area contributed by atoms with Crippen molar-refractivity contribution in [2.75, 3.05) is 25.6 Å². The van der Waals surface area contributed by atoms with E-state index in [0.717, 1.165) is 36.2 Å². The van der Waals surface area contributed by atoms with Gasteiger partial charge in [0.15, 0.2) is 0 Å². The molecule has 1 aromatic heterocycles. The van der Waals surface area contributed by atoms with Gasteiger partial charge in [0.1, 0.15) is 11.0 Å². The van der Waals surface area contributed by atoms with Crippen LogP contribution in [0.4, 0.5) is 5.82 Å². The van der Waals surface area contributed by atoms with Gasteiger partial charge in [-0.05, 0) is 17.9 Å². The maximum Gasteiger partial charge on any atom is 0.135 e. The first-order chi connectivity index (χ1) is 8.31. The molecule has 2 aromatic rings. The van der Waals surface area contributed by atoms with Crippen LogP contribution in [0.5, 0.6) is 0 Å². The SMILES string of the molecule is COCCCNc1nc(Cl)cc2ccccc12. The van der Waals surface area contributed by atoms with Crippen molar-refractivity contribution in [1.29, 1.82) is 0 Å². The fraction of sp³-hybridized carbons (Fsp3) is 0.308. The highest BCUT2D eigenvalue weighted by molar-refractivity contribution is 6.30. The summed E-state index contributed by atoms with van der Waals surface area (Å²) in [4.78, 5) is 4.31. The van der Waals surface area contributed by atoms with Crippen molar-refractivity contribution in [2.24, 2.45) is 0 Å². The number of benzene rings is 1. The first-order valence-electron chi connectivity index (χ1n) is 5.59. The van der Waals surface area contributed by atoms with Gasteiger partial charge in [0.2, 0.25) is 0 Å². The molecule has 0 unspecified atom stereocenters. The number of hydrogen-bond donors (Lipinski definition) is 1. The van der Waals surface area contributed by atoms with Crippen molar-refractivity contribution in [1.82, 2.24) is 4.98 Å². The average molecular weight is 251 g/mol. The molecule has 0 amide bonds. The zero-order valence-electron chi connectivity index (χ0n) is 9.74. The summed E-state index contributed by atoms with van der Waals surface area (Å²) < 4.78 is 5.00. The van der Waals surface area contributed by atoms with E-state index in [1.54, 1.807) is 7.11 Å². The molecule has 0 spiro atoms. The molecule has 0 saturated heterocycles. The smallest absolute Gasteiger partial charge is 0.135 e. The van der Waals surface area contributed by atoms with E-state index in [4.69, 9.17) is 16.3 Å². The molecule has 0 atom stereocenters. The summed E-state index contributed by atoms with van der Waals surface area (Å²) in [5.41, 5.74) is 0. The Labute approximate surface area is 106 Å². The van der Waals surface area contributed by atoms with Gasteiger partial charge in [-0.3, -0.25) is 0 Å². The molecule has 1 heterocycles. The molecular formula is C13H15ClN2O. The van der Waals surface area contributed by atoms with E-state index in [1.807, 2.05) is 30.3 Å². The Morgan fingerprint density at radius 2 is 2.18 bits per heavy atom. The van der Waals surface area contributed by atoms with Gasteiger partial charge in [0.25, 0.3) is 0 Å². The Bertz CT molecular complexity index is 502. The number of hydrogen-bond acceptors (Lipinski definition) is 3. The minimum Gasteiger partial charge on any atom is -0.385 e. The van der Waals surface area contributed by atoms with Crippen molar-refractivity contribution in [3.05, 3.63) is 35.5 Å². The summed E-state index contributed by atoms with van der Waals surface area (Å²) in [6.07, 6.45) is 0.943. The van der Waals surface area contributed by atoms with E-state index in [1.165, 1.54) is 0 Å². The minimum atomic E-state index is 0.512. The molecule has 0 aliphatic rings. The van der Waals surface area contributed by atoms with Crippen molar-refractivity contribution in [3.63, 3.8) is 0 Å². The summed E-state index contributed by atoms with van der Waals surface area (Å²) in [5, 5.41) is 5.99. The fourth-order valence-corrected chi connectivity index (χ4v) is 1.93. The maximum absolute atomic E-state index is 5.99. The standard InChI is InChI=1S/C13H15ClN2O/c1-17-8-4-7-15-13-11-6-3-2-5-10(11)9-12(14)16-13/h2-3,5-6,9H,4,7-8H2,1H3,(H,15,16). The number of methoxy groups -OCH3 is 1. The molecule has 17 heavy (non-hydrogen) atoms. The Morgan fingerprint density at radius 1 is 1.35 bits per heavy atom. The molecule has 1 N–H and O–H groups in total. The first-order valence-corrected chi connectivity index (χ1v) is 5.97. The van der Waals surface area contributed by atoms with Crippen LogP contribution >= 0.6 is 11.6 Å². The van der Waals surface area contributed by atoms with Gasteiger partial charge in [-0.2, -0.15) is 0 Å². The van der Waals surface area contributed by atoms with Crippen LogP contribution in [0.15, 0.2) is 30.3 Å². The van der Waals surface area contributed by atoms with Crippen LogP contribution in [0.1, 0.15) is 6.42 Å². The fourth-order valence-electron chi connectivity index (χ4n) is 1.72. The monoisotopic (exact) mass is 250 g/mol. The van der Waals surface area contributed by atoms with Gasteiger partial charge in [-0.25, -0.2) is 4.98 Å². The number of aromatic nitrogens is 1. The van der Waals surface area contributed by atoms with E-state index < -0.39 is 0 Å². The van der Waals surface area contributed by atoms with Crippen LogP contribution in [0.3, 0.4) is 0 Å². The molecular weight excluding hydrogens is 236 g/mol. The van der Waals surface area contributed by atoms with E-state index >= 15 is 0 Å². The second-order valence-electron chi connectivity index (χ2n) is 3.79. The lowest BCUT2D eigenvalue weighted by atomic mass is 10.1. The lowest BCUT2D eigenvalue weighted by molar-refractivity contribution is 0.198. The largest absolute Gasteiger partial charge is 0.385 e. The second-order valence-corrected chi connectivity index (χ2v) is 4.18. The van der Waals surface area contributed by atoms with Gasteiger partial charge >= 0.3 is 0 Å². The molecule has 0 aliphatic carbocycles. The third kappa shape index (κ3) is 3.08. The molecule has 0 radical (unpaired) electrons. The molecule has 0 aliphatic heterocycles. The van der Waals surface area contributed by atoms with Crippen LogP contribution in [0.2, 0.25) is 5.15 Å². The Kier molecular flexibility index (Phi) is 4.18. The van der Waals surface area contributed by atoms with Gasteiger partial charge in [0.05, 0.1) is 0 Å². The van der Waals surface area contributed by atoms with Crippen LogP contribution < -0.4 is 5.32 Å². The molecule has 0 bridgehead atoms. The number of fused-ring (bicyclic) bond motifs is 1. The van der Waals surface area contributed by atoms with Crippen molar-refractivity contribution in [2.45, 2.75) is 6.42 Å². The zero-order chi connectivity index (χ0) is 12.1. The average Bonchev–Trinajstić information content (AvgIpc) is 2.34. The molecule has 0 fully saturated rings.